The maximum Gasteiger partial charge on any atom is 0.271 e. The van der Waals surface area contributed by atoms with Gasteiger partial charge in [-0.2, -0.15) is 0 Å². The molecule has 1 aromatic rings. The molecule has 7 heteroatoms. The standard InChI is InChI=1S/C11H12N4O2S/c1-6-4-10-13-8-3-2-7(15(16)17)5-9(8)14(10)11(18)12-6/h2-3,5-6,10,13H,4H2,1H3,(H,12,18). The molecule has 2 atom stereocenters. The van der Waals surface area contributed by atoms with Crippen molar-refractivity contribution in [3.05, 3.63) is 28.3 Å². The van der Waals surface area contributed by atoms with Crippen molar-refractivity contribution in [3.63, 3.8) is 0 Å². The van der Waals surface area contributed by atoms with Crippen molar-refractivity contribution in [3.8, 4) is 0 Å². The van der Waals surface area contributed by atoms with E-state index in [-0.39, 0.29) is 11.9 Å². The Hall–Kier alpha value is -1.89. The fourth-order valence-electron chi connectivity index (χ4n) is 2.46. The van der Waals surface area contributed by atoms with Gasteiger partial charge in [0.25, 0.3) is 5.69 Å². The average molecular weight is 264 g/mol. The summed E-state index contributed by atoms with van der Waals surface area (Å²) < 4.78 is 0. The van der Waals surface area contributed by atoms with E-state index in [0.717, 1.165) is 17.8 Å². The van der Waals surface area contributed by atoms with Crippen LogP contribution in [0.5, 0.6) is 0 Å². The number of nitrogens with zero attached hydrogens (tertiary/aromatic N) is 2. The number of non-ortho nitro benzene ring substituents is 1. The molecule has 0 radical (unpaired) electrons. The molecule has 2 unspecified atom stereocenters. The van der Waals surface area contributed by atoms with Gasteiger partial charge < -0.3 is 10.6 Å². The molecule has 1 saturated heterocycles. The summed E-state index contributed by atoms with van der Waals surface area (Å²) >= 11 is 5.31. The minimum atomic E-state index is -0.392. The minimum Gasteiger partial charge on any atom is -0.363 e. The zero-order valence-corrected chi connectivity index (χ0v) is 10.5. The monoisotopic (exact) mass is 264 g/mol. The second-order valence-corrected chi connectivity index (χ2v) is 4.96. The van der Waals surface area contributed by atoms with Crippen LogP contribution in [0.2, 0.25) is 0 Å². The van der Waals surface area contributed by atoms with Gasteiger partial charge in [-0.15, -0.1) is 0 Å². The highest BCUT2D eigenvalue weighted by molar-refractivity contribution is 7.80. The van der Waals surface area contributed by atoms with Gasteiger partial charge in [-0.25, -0.2) is 0 Å². The summed E-state index contributed by atoms with van der Waals surface area (Å²) in [5.74, 6) is 0. The van der Waals surface area contributed by atoms with Crippen LogP contribution in [0, 0.1) is 10.1 Å². The van der Waals surface area contributed by atoms with Crippen LogP contribution in [0.1, 0.15) is 13.3 Å². The van der Waals surface area contributed by atoms with Crippen molar-refractivity contribution in [1.29, 1.82) is 0 Å². The van der Waals surface area contributed by atoms with Crippen LogP contribution in [0.3, 0.4) is 0 Å². The van der Waals surface area contributed by atoms with Gasteiger partial charge in [0.15, 0.2) is 5.11 Å². The Balaban J connectivity index is 2.03. The van der Waals surface area contributed by atoms with E-state index in [9.17, 15) is 10.1 Å². The van der Waals surface area contributed by atoms with E-state index in [4.69, 9.17) is 12.2 Å². The molecule has 2 heterocycles. The Labute approximate surface area is 109 Å². The number of rotatable bonds is 1. The fourth-order valence-corrected chi connectivity index (χ4v) is 2.88. The maximum absolute atomic E-state index is 10.8. The van der Waals surface area contributed by atoms with E-state index in [0.29, 0.717) is 11.2 Å². The molecule has 18 heavy (non-hydrogen) atoms. The van der Waals surface area contributed by atoms with Crippen molar-refractivity contribution in [2.45, 2.75) is 25.6 Å². The van der Waals surface area contributed by atoms with Crippen LogP contribution in [0.4, 0.5) is 17.1 Å². The maximum atomic E-state index is 10.8. The zero-order chi connectivity index (χ0) is 12.9. The molecule has 0 spiro atoms. The highest BCUT2D eigenvalue weighted by atomic mass is 32.1. The second-order valence-electron chi connectivity index (χ2n) is 4.57. The van der Waals surface area contributed by atoms with Crippen LogP contribution in [-0.2, 0) is 0 Å². The van der Waals surface area contributed by atoms with Crippen molar-refractivity contribution >= 4 is 34.4 Å². The third-order valence-electron chi connectivity index (χ3n) is 3.25. The molecule has 0 bridgehead atoms. The van der Waals surface area contributed by atoms with Crippen LogP contribution < -0.4 is 15.5 Å². The van der Waals surface area contributed by atoms with Crippen LogP contribution in [0.15, 0.2) is 18.2 Å². The summed E-state index contributed by atoms with van der Waals surface area (Å²) in [6.07, 6.45) is 0.980. The summed E-state index contributed by atoms with van der Waals surface area (Å²) in [4.78, 5) is 12.3. The Bertz CT molecular complexity index is 548. The molecule has 2 N–H and O–H groups in total. The van der Waals surface area contributed by atoms with Gasteiger partial charge in [0.05, 0.1) is 16.3 Å². The lowest BCUT2D eigenvalue weighted by molar-refractivity contribution is -0.384. The van der Waals surface area contributed by atoms with Gasteiger partial charge in [-0.1, -0.05) is 0 Å². The molecular weight excluding hydrogens is 252 g/mol. The summed E-state index contributed by atoms with van der Waals surface area (Å²) in [5, 5.41) is 18.0. The molecule has 0 saturated carbocycles. The van der Waals surface area contributed by atoms with E-state index in [2.05, 4.69) is 17.6 Å². The van der Waals surface area contributed by atoms with E-state index in [1.165, 1.54) is 6.07 Å². The van der Waals surface area contributed by atoms with Crippen LogP contribution >= 0.6 is 12.2 Å². The number of nitro benzene ring substituents is 1. The number of thiocarbonyl (C=S) groups is 1. The van der Waals surface area contributed by atoms with Gasteiger partial charge in [0.2, 0.25) is 0 Å². The predicted molar refractivity (Wildman–Crippen MR) is 72.8 cm³/mol. The molecular formula is C11H12N4O2S. The van der Waals surface area contributed by atoms with E-state index < -0.39 is 4.92 Å². The Morgan fingerprint density at radius 1 is 1.50 bits per heavy atom. The highest BCUT2D eigenvalue weighted by Crippen LogP contribution is 2.39. The first-order valence-electron chi connectivity index (χ1n) is 5.71. The first kappa shape index (κ1) is 11.2. The number of nitro groups is 1. The largest absolute Gasteiger partial charge is 0.363 e. The fraction of sp³-hybridized carbons (Fsp3) is 0.364. The third-order valence-corrected chi connectivity index (χ3v) is 3.57. The number of hydrogen-bond acceptors (Lipinski definition) is 4. The Morgan fingerprint density at radius 3 is 3.00 bits per heavy atom. The minimum absolute atomic E-state index is 0.0811. The third kappa shape index (κ3) is 1.59. The van der Waals surface area contributed by atoms with Crippen molar-refractivity contribution in [2.75, 3.05) is 10.2 Å². The van der Waals surface area contributed by atoms with Gasteiger partial charge in [0, 0.05) is 24.6 Å². The number of nitrogens with one attached hydrogen (secondary N) is 2. The van der Waals surface area contributed by atoms with Gasteiger partial charge in [-0.05, 0) is 25.2 Å². The van der Waals surface area contributed by atoms with Crippen LogP contribution in [-0.4, -0.2) is 22.2 Å². The number of benzene rings is 1. The van der Waals surface area contributed by atoms with Gasteiger partial charge >= 0.3 is 0 Å². The van der Waals surface area contributed by atoms with Gasteiger partial charge in [0.1, 0.15) is 6.17 Å². The van der Waals surface area contributed by atoms with Crippen molar-refractivity contribution in [2.24, 2.45) is 0 Å². The lowest BCUT2D eigenvalue weighted by Gasteiger charge is -2.36. The number of fused-ring (bicyclic) bond motifs is 3. The predicted octanol–water partition coefficient (Wildman–Crippen LogP) is 1.82. The number of anilines is 2. The molecule has 2 aliphatic heterocycles. The van der Waals surface area contributed by atoms with Crippen molar-refractivity contribution in [1.82, 2.24) is 5.32 Å². The van der Waals surface area contributed by atoms with E-state index in [1.54, 1.807) is 12.1 Å². The first-order valence-corrected chi connectivity index (χ1v) is 6.12. The molecule has 3 rings (SSSR count). The highest BCUT2D eigenvalue weighted by Gasteiger charge is 2.37. The normalized spacial score (nSPS) is 24.9. The molecule has 0 aliphatic carbocycles. The molecule has 1 fully saturated rings. The van der Waals surface area contributed by atoms with Crippen LogP contribution in [0.25, 0.3) is 0 Å². The van der Waals surface area contributed by atoms with Gasteiger partial charge in [-0.3, -0.25) is 15.0 Å². The topological polar surface area (TPSA) is 70.4 Å². The zero-order valence-electron chi connectivity index (χ0n) is 9.71. The SMILES string of the molecule is CC1CC2Nc3ccc([N+](=O)[O-])cc3N2C(=S)N1. The summed E-state index contributed by atoms with van der Waals surface area (Å²) in [5.41, 5.74) is 1.75. The summed E-state index contributed by atoms with van der Waals surface area (Å²) in [7, 11) is 0. The summed E-state index contributed by atoms with van der Waals surface area (Å²) in [6, 6.07) is 5.10. The molecule has 6 nitrogen and oxygen atoms in total. The smallest absolute Gasteiger partial charge is 0.271 e. The molecule has 2 aliphatic rings. The Morgan fingerprint density at radius 2 is 2.28 bits per heavy atom. The quantitative estimate of drug-likeness (QED) is 0.458. The lowest BCUT2D eigenvalue weighted by Crippen LogP contribution is -2.56. The molecule has 0 aromatic heterocycles. The lowest BCUT2D eigenvalue weighted by atomic mass is 10.1. The van der Waals surface area contributed by atoms with E-state index >= 15 is 0 Å². The van der Waals surface area contributed by atoms with E-state index in [1.807, 2.05) is 4.90 Å². The first-order chi connectivity index (χ1) is 8.56. The molecule has 94 valence electrons. The van der Waals surface area contributed by atoms with Crippen molar-refractivity contribution < 1.29 is 4.92 Å². The second kappa shape index (κ2) is 3.81. The molecule has 1 aromatic carbocycles. The number of hydrogen-bond donors (Lipinski definition) is 2. The summed E-state index contributed by atoms with van der Waals surface area (Å²) in [6.45, 7) is 2.07. The average Bonchev–Trinajstić information content (AvgIpc) is 2.65. The molecule has 0 amide bonds. The Kier molecular flexibility index (Phi) is 2.37.